The molecule has 0 amide bonds. The average molecular weight is 202 g/mol. The molecule has 2 rings (SSSR count). The van der Waals surface area contributed by atoms with Crippen LogP contribution in [0.15, 0.2) is 24.3 Å². The second-order valence-electron chi connectivity index (χ2n) is 4.28. The van der Waals surface area contributed by atoms with Gasteiger partial charge in [-0.05, 0) is 24.5 Å². The van der Waals surface area contributed by atoms with Gasteiger partial charge in [-0.1, -0.05) is 24.3 Å². The molecule has 1 aliphatic rings. The normalized spacial score (nSPS) is 24.7. The van der Waals surface area contributed by atoms with Crippen LogP contribution in [0, 0.1) is 0 Å². The van der Waals surface area contributed by atoms with Crippen LogP contribution < -0.4 is 0 Å². The summed E-state index contributed by atoms with van der Waals surface area (Å²) >= 11 is 0. The summed E-state index contributed by atoms with van der Waals surface area (Å²) in [7, 11) is 0. The molecular weight excluding hydrogens is 188 g/mol. The Kier molecular flexibility index (Phi) is 2.43. The first kappa shape index (κ1) is 10.1. The third-order valence-corrected chi connectivity index (χ3v) is 3.34. The van der Waals surface area contributed by atoms with E-state index in [1.165, 1.54) is 5.56 Å². The van der Waals surface area contributed by atoms with Gasteiger partial charge in [0, 0.05) is 12.8 Å². The molecule has 1 aromatic carbocycles. The summed E-state index contributed by atoms with van der Waals surface area (Å²) in [5.74, 6) is 0.188. The van der Waals surface area contributed by atoms with Gasteiger partial charge < -0.3 is 4.79 Å². The number of aryl methyl sites for hydroxylation is 1. The minimum Gasteiger partial charge on any atom is -0.303 e. The summed E-state index contributed by atoms with van der Waals surface area (Å²) in [5, 5.41) is 0. The first-order valence-electron chi connectivity index (χ1n) is 5.24. The van der Waals surface area contributed by atoms with Crippen molar-refractivity contribution in [3.05, 3.63) is 35.4 Å². The largest absolute Gasteiger partial charge is 0.303 e. The van der Waals surface area contributed by atoms with Gasteiger partial charge in [-0.3, -0.25) is 4.79 Å². The lowest BCUT2D eigenvalue weighted by molar-refractivity contribution is -0.126. The number of carbonyl (C=O) groups excluding carboxylic acids is 2. The smallest absolute Gasteiger partial charge is 0.143 e. The zero-order valence-corrected chi connectivity index (χ0v) is 8.82. The predicted octanol–water partition coefficient (Wildman–Crippen LogP) is 2.05. The number of hydrogen-bond acceptors (Lipinski definition) is 2. The van der Waals surface area contributed by atoms with E-state index in [2.05, 4.69) is 0 Å². The lowest BCUT2D eigenvalue weighted by atomic mass is 9.69. The maximum atomic E-state index is 11.9. The molecule has 0 N–H and O–H groups in total. The van der Waals surface area contributed by atoms with E-state index in [1.54, 1.807) is 0 Å². The highest BCUT2D eigenvalue weighted by Gasteiger charge is 2.38. The van der Waals surface area contributed by atoms with Gasteiger partial charge in [-0.15, -0.1) is 0 Å². The van der Waals surface area contributed by atoms with Crippen LogP contribution in [0.1, 0.15) is 30.9 Å². The SMILES string of the molecule is C[C@]1(CC=O)C(=O)CCc2ccccc21. The van der Waals surface area contributed by atoms with Crippen molar-refractivity contribution >= 4 is 12.1 Å². The van der Waals surface area contributed by atoms with Gasteiger partial charge in [0.1, 0.15) is 12.1 Å². The highest BCUT2D eigenvalue weighted by atomic mass is 16.1. The summed E-state index contributed by atoms with van der Waals surface area (Å²) in [4.78, 5) is 22.6. The molecule has 0 aliphatic heterocycles. The molecule has 0 bridgehead atoms. The van der Waals surface area contributed by atoms with E-state index >= 15 is 0 Å². The Morgan fingerprint density at radius 1 is 1.33 bits per heavy atom. The first-order valence-corrected chi connectivity index (χ1v) is 5.24. The third-order valence-electron chi connectivity index (χ3n) is 3.34. The van der Waals surface area contributed by atoms with Gasteiger partial charge in [-0.2, -0.15) is 0 Å². The zero-order chi connectivity index (χ0) is 10.9. The van der Waals surface area contributed by atoms with Gasteiger partial charge in [0.25, 0.3) is 0 Å². The van der Waals surface area contributed by atoms with E-state index in [0.717, 1.165) is 18.3 Å². The first-order chi connectivity index (χ1) is 7.18. The van der Waals surface area contributed by atoms with Crippen molar-refractivity contribution in [2.24, 2.45) is 0 Å². The van der Waals surface area contributed by atoms with Crippen molar-refractivity contribution in [3.63, 3.8) is 0 Å². The van der Waals surface area contributed by atoms with Crippen molar-refractivity contribution in [2.75, 3.05) is 0 Å². The molecule has 0 fully saturated rings. The highest BCUT2D eigenvalue weighted by molar-refractivity contribution is 5.93. The second kappa shape index (κ2) is 3.61. The van der Waals surface area contributed by atoms with Crippen LogP contribution in [0.5, 0.6) is 0 Å². The Balaban J connectivity index is 2.54. The number of ketones is 1. The van der Waals surface area contributed by atoms with Crippen LogP contribution in [0.2, 0.25) is 0 Å². The van der Waals surface area contributed by atoms with Gasteiger partial charge >= 0.3 is 0 Å². The van der Waals surface area contributed by atoms with E-state index in [1.807, 2.05) is 31.2 Å². The summed E-state index contributed by atoms with van der Waals surface area (Å²) in [6, 6.07) is 7.93. The summed E-state index contributed by atoms with van der Waals surface area (Å²) in [6.45, 7) is 1.88. The molecule has 0 radical (unpaired) electrons. The molecule has 15 heavy (non-hydrogen) atoms. The van der Waals surface area contributed by atoms with Crippen LogP contribution in [0.25, 0.3) is 0 Å². The molecule has 1 aromatic rings. The van der Waals surface area contributed by atoms with Gasteiger partial charge in [0.2, 0.25) is 0 Å². The molecule has 2 nitrogen and oxygen atoms in total. The fourth-order valence-electron chi connectivity index (χ4n) is 2.34. The number of aldehydes is 1. The molecule has 0 aromatic heterocycles. The van der Waals surface area contributed by atoms with Crippen molar-refractivity contribution in [2.45, 2.75) is 31.6 Å². The second-order valence-corrected chi connectivity index (χ2v) is 4.28. The van der Waals surface area contributed by atoms with E-state index < -0.39 is 5.41 Å². The summed E-state index contributed by atoms with van der Waals surface area (Å²) in [6.07, 6.45) is 2.51. The number of benzene rings is 1. The Hall–Kier alpha value is -1.44. The molecule has 1 aliphatic carbocycles. The Morgan fingerprint density at radius 3 is 2.80 bits per heavy atom. The number of Topliss-reactive ketones (excluding diaryl/α,β-unsaturated/α-hetero) is 1. The third kappa shape index (κ3) is 1.50. The number of hydrogen-bond donors (Lipinski definition) is 0. The molecule has 0 saturated carbocycles. The van der Waals surface area contributed by atoms with E-state index in [-0.39, 0.29) is 5.78 Å². The highest BCUT2D eigenvalue weighted by Crippen LogP contribution is 2.36. The van der Waals surface area contributed by atoms with E-state index in [0.29, 0.717) is 12.8 Å². The van der Waals surface area contributed by atoms with Gasteiger partial charge in [0.15, 0.2) is 0 Å². The minimum atomic E-state index is -0.587. The minimum absolute atomic E-state index is 0.188. The molecule has 0 unspecified atom stereocenters. The number of carbonyl (C=O) groups is 2. The zero-order valence-electron chi connectivity index (χ0n) is 8.82. The standard InChI is InChI=1S/C13H14O2/c1-13(8-9-14)11-5-3-2-4-10(11)6-7-12(13)15/h2-5,9H,6-8H2,1H3/t13-/m1/s1. The lowest BCUT2D eigenvalue weighted by Gasteiger charge is -2.32. The Labute approximate surface area is 89.3 Å². The molecule has 0 spiro atoms. The molecular formula is C13H14O2. The quantitative estimate of drug-likeness (QED) is 0.688. The van der Waals surface area contributed by atoms with E-state index in [9.17, 15) is 9.59 Å². The van der Waals surface area contributed by atoms with Crippen LogP contribution in [-0.4, -0.2) is 12.1 Å². The number of rotatable bonds is 2. The van der Waals surface area contributed by atoms with Crippen LogP contribution in [0.4, 0.5) is 0 Å². The molecule has 2 heteroatoms. The Bertz CT molecular complexity index is 409. The van der Waals surface area contributed by atoms with Crippen molar-refractivity contribution in [1.82, 2.24) is 0 Å². The maximum absolute atomic E-state index is 11.9. The van der Waals surface area contributed by atoms with Crippen molar-refractivity contribution in [3.8, 4) is 0 Å². The topological polar surface area (TPSA) is 34.1 Å². The summed E-state index contributed by atoms with van der Waals surface area (Å²) in [5.41, 5.74) is 1.66. The summed E-state index contributed by atoms with van der Waals surface area (Å²) < 4.78 is 0. The van der Waals surface area contributed by atoms with E-state index in [4.69, 9.17) is 0 Å². The maximum Gasteiger partial charge on any atom is 0.143 e. The van der Waals surface area contributed by atoms with Crippen LogP contribution in [0.3, 0.4) is 0 Å². The Morgan fingerprint density at radius 2 is 2.07 bits per heavy atom. The van der Waals surface area contributed by atoms with Gasteiger partial charge in [0.05, 0.1) is 5.41 Å². The van der Waals surface area contributed by atoms with Crippen LogP contribution >= 0.6 is 0 Å². The molecule has 1 atom stereocenters. The van der Waals surface area contributed by atoms with Crippen LogP contribution in [-0.2, 0) is 21.4 Å². The fraction of sp³-hybridized carbons (Fsp3) is 0.385. The monoisotopic (exact) mass is 202 g/mol. The average Bonchev–Trinajstić information content (AvgIpc) is 2.25. The predicted molar refractivity (Wildman–Crippen MR) is 57.8 cm³/mol. The molecule has 0 heterocycles. The van der Waals surface area contributed by atoms with Gasteiger partial charge in [-0.25, -0.2) is 0 Å². The lowest BCUT2D eigenvalue weighted by Crippen LogP contribution is -2.37. The molecule has 0 saturated heterocycles. The van der Waals surface area contributed by atoms with Crippen molar-refractivity contribution < 1.29 is 9.59 Å². The number of fused-ring (bicyclic) bond motifs is 1. The van der Waals surface area contributed by atoms with Crippen molar-refractivity contribution in [1.29, 1.82) is 0 Å². The molecule has 78 valence electrons. The fourth-order valence-corrected chi connectivity index (χ4v) is 2.34.